The smallest absolute Gasteiger partial charge is 0.308 e. The van der Waals surface area contributed by atoms with E-state index in [9.17, 15) is 9.90 Å². The molecular formula is C21H25N5O2. The van der Waals surface area contributed by atoms with Gasteiger partial charge in [0.05, 0.1) is 22.6 Å². The van der Waals surface area contributed by atoms with E-state index in [-0.39, 0.29) is 5.92 Å². The Bertz CT molecular complexity index is 1020. The highest BCUT2D eigenvalue weighted by Crippen LogP contribution is 2.24. The molecule has 0 spiro atoms. The number of hydrogen-bond donors (Lipinski definition) is 2. The SMILES string of the molecule is Cn1c(=NNc2ccc(N3CCCC(C(=O)O)C3)cc2)n(C)c2ccccc21. The van der Waals surface area contributed by atoms with Crippen LogP contribution in [0.15, 0.2) is 53.6 Å². The molecule has 146 valence electrons. The molecule has 0 bridgehead atoms. The van der Waals surface area contributed by atoms with Crippen molar-refractivity contribution in [2.75, 3.05) is 23.4 Å². The molecule has 1 saturated heterocycles. The van der Waals surface area contributed by atoms with Gasteiger partial charge in [-0.05, 0) is 49.2 Å². The van der Waals surface area contributed by atoms with E-state index in [1.54, 1.807) is 0 Å². The van der Waals surface area contributed by atoms with Gasteiger partial charge in [-0.25, -0.2) is 0 Å². The number of nitrogens with zero attached hydrogens (tertiary/aromatic N) is 4. The Morgan fingerprint density at radius 1 is 1.07 bits per heavy atom. The van der Waals surface area contributed by atoms with Gasteiger partial charge in [0.1, 0.15) is 0 Å². The molecule has 0 radical (unpaired) electrons. The Morgan fingerprint density at radius 3 is 2.32 bits per heavy atom. The van der Waals surface area contributed by atoms with Crippen molar-refractivity contribution in [3.8, 4) is 0 Å². The van der Waals surface area contributed by atoms with Crippen LogP contribution in [0.5, 0.6) is 0 Å². The summed E-state index contributed by atoms with van der Waals surface area (Å²) in [5.74, 6) is -0.988. The first-order chi connectivity index (χ1) is 13.5. The minimum Gasteiger partial charge on any atom is -0.481 e. The predicted octanol–water partition coefficient (Wildman–Crippen LogP) is 2.75. The lowest BCUT2D eigenvalue weighted by atomic mass is 9.98. The number of para-hydroxylation sites is 2. The van der Waals surface area contributed by atoms with E-state index in [2.05, 4.69) is 36.7 Å². The third kappa shape index (κ3) is 3.35. The molecule has 7 nitrogen and oxygen atoms in total. The van der Waals surface area contributed by atoms with E-state index in [1.807, 2.05) is 50.5 Å². The number of aliphatic carboxylic acids is 1. The number of aromatic nitrogens is 2. The van der Waals surface area contributed by atoms with Crippen LogP contribution < -0.4 is 15.9 Å². The van der Waals surface area contributed by atoms with Crippen LogP contribution in [0, 0.1) is 5.92 Å². The number of fused-ring (bicyclic) bond motifs is 1. The second-order valence-electron chi connectivity index (χ2n) is 7.30. The van der Waals surface area contributed by atoms with E-state index in [0.29, 0.717) is 6.54 Å². The van der Waals surface area contributed by atoms with Gasteiger partial charge < -0.3 is 19.1 Å². The number of piperidine rings is 1. The average molecular weight is 379 g/mol. The van der Waals surface area contributed by atoms with Crippen molar-refractivity contribution in [2.45, 2.75) is 12.8 Å². The van der Waals surface area contributed by atoms with Gasteiger partial charge in [-0.1, -0.05) is 12.1 Å². The second-order valence-corrected chi connectivity index (χ2v) is 7.30. The molecule has 0 amide bonds. The minimum atomic E-state index is -0.704. The molecule has 7 heteroatoms. The second kappa shape index (κ2) is 7.42. The Morgan fingerprint density at radius 2 is 1.71 bits per heavy atom. The summed E-state index contributed by atoms with van der Waals surface area (Å²) in [4.78, 5) is 13.4. The number of aryl methyl sites for hydroxylation is 2. The van der Waals surface area contributed by atoms with Crippen LogP contribution >= 0.6 is 0 Å². The Kier molecular flexibility index (Phi) is 4.81. The maximum absolute atomic E-state index is 11.3. The minimum absolute atomic E-state index is 0.284. The Balaban J connectivity index is 1.53. The monoisotopic (exact) mass is 379 g/mol. The van der Waals surface area contributed by atoms with Crippen molar-refractivity contribution in [3.63, 3.8) is 0 Å². The van der Waals surface area contributed by atoms with E-state index < -0.39 is 5.97 Å². The highest BCUT2D eigenvalue weighted by Gasteiger charge is 2.25. The van der Waals surface area contributed by atoms with Crippen LogP contribution in [0.4, 0.5) is 11.4 Å². The molecule has 1 atom stereocenters. The zero-order valence-corrected chi connectivity index (χ0v) is 16.2. The van der Waals surface area contributed by atoms with E-state index in [4.69, 9.17) is 0 Å². The van der Waals surface area contributed by atoms with Gasteiger partial charge in [0.2, 0.25) is 5.62 Å². The first kappa shape index (κ1) is 18.2. The third-order valence-corrected chi connectivity index (χ3v) is 5.49. The lowest BCUT2D eigenvalue weighted by molar-refractivity contribution is -0.141. The standard InChI is InChI=1S/C21H25N5O2/c1-24-18-7-3-4-8-19(18)25(2)21(24)23-22-16-9-11-17(12-10-16)26-13-5-6-15(14-26)20(27)28/h3-4,7-12,15,22H,5-6,13-14H2,1-2H3,(H,27,28). The summed E-state index contributed by atoms with van der Waals surface area (Å²) in [6.07, 6.45) is 1.66. The number of benzene rings is 2. The molecule has 3 aromatic rings. The normalized spacial score (nSPS) is 16.9. The third-order valence-electron chi connectivity index (χ3n) is 5.49. The maximum Gasteiger partial charge on any atom is 0.308 e. The molecule has 1 fully saturated rings. The number of rotatable bonds is 4. The maximum atomic E-state index is 11.3. The quantitative estimate of drug-likeness (QED) is 0.684. The average Bonchev–Trinajstić information content (AvgIpc) is 2.97. The summed E-state index contributed by atoms with van der Waals surface area (Å²) >= 11 is 0. The molecule has 1 aromatic heterocycles. The molecular weight excluding hydrogens is 354 g/mol. The molecule has 1 aliphatic rings. The van der Waals surface area contributed by atoms with Crippen molar-refractivity contribution >= 4 is 28.4 Å². The van der Waals surface area contributed by atoms with Crippen LogP contribution in [-0.4, -0.2) is 33.3 Å². The van der Waals surface area contributed by atoms with Crippen molar-refractivity contribution in [3.05, 3.63) is 54.1 Å². The number of carboxylic acids is 1. The van der Waals surface area contributed by atoms with E-state index in [0.717, 1.165) is 47.4 Å². The summed E-state index contributed by atoms with van der Waals surface area (Å²) in [6.45, 7) is 1.46. The number of anilines is 2. The Labute approximate surface area is 163 Å². The first-order valence-electron chi connectivity index (χ1n) is 9.52. The number of carbonyl (C=O) groups is 1. The molecule has 1 unspecified atom stereocenters. The van der Waals surface area contributed by atoms with E-state index in [1.165, 1.54) is 0 Å². The Hall–Kier alpha value is -3.22. The number of imidazole rings is 1. The molecule has 2 N–H and O–H groups in total. The van der Waals surface area contributed by atoms with Gasteiger partial charge in [-0.15, -0.1) is 5.10 Å². The molecule has 0 aliphatic carbocycles. The molecule has 2 heterocycles. The van der Waals surface area contributed by atoms with Crippen molar-refractivity contribution in [1.29, 1.82) is 0 Å². The predicted molar refractivity (Wildman–Crippen MR) is 110 cm³/mol. The number of carboxylic acid groups (broad SMARTS) is 1. The number of hydrogen-bond acceptors (Lipinski definition) is 4. The van der Waals surface area contributed by atoms with Crippen molar-refractivity contribution < 1.29 is 9.90 Å². The van der Waals surface area contributed by atoms with Gasteiger partial charge in [0.25, 0.3) is 0 Å². The number of nitrogens with one attached hydrogen (secondary N) is 1. The first-order valence-corrected chi connectivity index (χ1v) is 9.52. The van der Waals surface area contributed by atoms with Crippen molar-refractivity contribution in [2.24, 2.45) is 25.1 Å². The summed E-state index contributed by atoms with van der Waals surface area (Å²) in [5.41, 5.74) is 8.14. The lowest BCUT2D eigenvalue weighted by Crippen LogP contribution is -2.38. The van der Waals surface area contributed by atoms with Gasteiger partial charge in [-0.3, -0.25) is 10.2 Å². The van der Waals surface area contributed by atoms with Crippen LogP contribution in [0.1, 0.15) is 12.8 Å². The van der Waals surface area contributed by atoms with Gasteiger partial charge in [0.15, 0.2) is 0 Å². The fraction of sp³-hybridized carbons (Fsp3) is 0.333. The molecule has 4 rings (SSSR count). The van der Waals surface area contributed by atoms with Gasteiger partial charge >= 0.3 is 5.97 Å². The van der Waals surface area contributed by atoms with Crippen LogP contribution in [0.25, 0.3) is 11.0 Å². The van der Waals surface area contributed by atoms with Crippen LogP contribution in [-0.2, 0) is 18.9 Å². The topological polar surface area (TPSA) is 74.8 Å². The summed E-state index contributed by atoms with van der Waals surface area (Å²) in [5, 5.41) is 13.8. The molecule has 0 saturated carbocycles. The summed E-state index contributed by atoms with van der Waals surface area (Å²) < 4.78 is 4.10. The fourth-order valence-electron chi connectivity index (χ4n) is 3.90. The molecule has 28 heavy (non-hydrogen) atoms. The van der Waals surface area contributed by atoms with Crippen LogP contribution in [0.3, 0.4) is 0 Å². The van der Waals surface area contributed by atoms with Crippen molar-refractivity contribution in [1.82, 2.24) is 9.13 Å². The highest BCUT2D eigenvalue weighted by atomic mass is 16.4. The highest BCUT2D eigenvalue weighted by molar-refractivity contribution is 5.75. The zero-order valence-electron chi connectivity index (χ0n) is 16.2. The largest absolute Gasteiger partial charge is 0.481 e. The zero-order chi connectivity index (χ0) is 19.7. The van der Waals surface area contributed by atoms with Gasteiger partial charge in [-0.2, -0.15) is 0 Å². The summed E-state index contributed by atoms with van der Waals surface area (Å²) in [7, 11) is 4.00. The van der Waals surface area contributed by atoms with E-state index >= 15 is 0 Å². The summed E-state index contributed by atoms with van der Waals surface area (Å²) in [6, 6.07) is 16.2. The molecule has 2 aromatic carbocycles. The fourth-order valence-corrected chi connectivity index (χ4v) is 3.90. The molecule has 1 aliphatic heterocycles. The van der Waals surface area contributed by atoms with Gasteiger partial charge in [0, 0.05) is 32.9 Å². The van der Waals surface area contributed by atoms with Crippen LogP contribution in [0.2, 0.25) is 0 Å². The lowest BCUT2D eigenvalue weighted by Gasteiger charge is -2.32.